The van der Waals surface area contributed by atoms with Crippen LogP contribution in [0, 0.1) is 0 Å². The Morgan fingerprint density at radius 1 is 0.889 bits per heavy atom. The average Bonchev–Trinajstić information content (AvgIpc) is 1.79. The van der Waals surface area contributed by atoms with Crippen molar-refractivity contribution in [2.24, 2.45) is 0 Å². The van der Waals surface area contributed by atoms with Gasteiger partial charge in [0, 0.05) is 0 Å². The summed E-state index contributed by atoms with van der Waals surface area (Å²) < 4.78 is 1.29. The fourth-order valence-electron chi connectivity index (χ4n) is 0.663. The van der Waals surface area contributed by atoms with Gasteiger partial charge >= 0.3 is 64.5 Å². The second-order valence-electron chi connectivity index (χ2n) is 2.04. The molecule has 0 aromatic heterocycles. The van der Waals surface area contributed by atoms with Crippen LogP contribution in [-0.4, -0.2) is 17.7 Å². The molecule has 0 saturated carbocycles. The Morgan fingerprint density at radius 3 is 2.44 bits per heavy atom. The first kappa shape index (κ1) is 6.67. The van der Waals surface area contributed by atoms with Crippen molar-refractivity contribution < 1.29 is 0 Å². The van der Waals surface area contributed by atoms with Crippen molar-refractivity contribution in [3.63, 3.8) is 0 Å². The summed E-state index contributed by atoms with van der Waals surface area (Å²) in [4.78, 5) is 0. The third kappa shape index (κ3) is 2.56. The molecule has 0 heterocycles. The Kier molecular flexibility index (Phi) is 2.64. The number of hydrogen-bond donors (Lipinski definition) is 0. The SMILES string of the molecule is [Li][C]1=C/C=C\C=C/C=C\1. The van der Waals surface area contributed by atoms with Crippen LogP contribution in [0.1, 0.15) is 0 Å². The summed E-state index contributed by atoms with van der Waals surface area (Å²) in [6, 6.07) is 0. The summed E-state index contributed by atoms with van der Waals surface area (Å²) in [5, 5.41) is 0. The van der Waals surface area contributed by atoms with Gasteiger partial charge in [-0.05, 0) is 0 Å². The van der Waals surface area contributed by atoms with Gasteiger partial charge in [0.05, 0.1) is 0 Å². The van der Waals surface area contributed by atoms with E-state index in [2.05, 4.69) is 29.9 Å². The zero-order valence-corrected chi connectivity index (χ0v) is 5.54. The minimum absolute atomic E-state index is 1.29. The van der Waals surface area contributed by atoms with Gasteiger partial charge in [0.15, 0.2) is 0 Å². The van der Waals surface area contributed by atoms with E-state index in [-0.39, 0.29) is 0 Å². The Labute approximate surface area is 64.9 Å². The van der Waals surface area contributed by atoms with Crippen LogP contribution in [0.5, 0.6) is 0 Å². The van der Waals surface area contributed by atoms with Gasteiger partial charge in [-0.15, -0.1) is 0 Å². The van der Waals surface area contributed by atoms with Crippen LogP contribution in [0.25, 0.3) is 0 Å². The molecular weight excluding hydrogens is 103 g/mol. The average molecular weight is 110 g/mol. The van der Waals surface area contributed by atoms with Crippen LogP contribution in [0.2, 0.25) is 0 Å². The van der Waals surface area contributed by atoms with Crippen molar-refractivity contribution in [3.05, 3.63) is 46.8 Å². The quantitative estimate of drug-likeness (QED) is 0.416. The number of hydrogen-bond acceptors (Lipinski definition) is 0. The van der Waals surface area contributed by atoms with Crippen molar-refractivity contribution >= 4 is 17.7 Å². The Balaban J connectivity index is 2.77. The van der Waals surface area contributed by atoms with Gasteiger partial charge in [0.2, 0.25) is 0 Å². The van der Waals surface area contributed by atoms with E-state index in [4.69, 9.17) is 0 Å². The first-order valence-corrected chi connectivity index (χ1v) is 3.08. The molecule has 0 aromatic rings. The molecule has 0 aromatic carbocycles. The molecule has 0 radical (unpaired) electrons. The molecule has 0 N–H and O–H groups in total. The van der Waals surface area contributed by atoms with E-state index in [0.29, 0.717) is 0 Å². The Morgan fingerprint density at radius 2 is 1.56 bits per heavy atom. The van der Waals surface area contributed by atoms with Gasteiger partial charge in [-0.25, -0.2) is 0 Å². The second-order valence-corrected chi connectivity index (χ2v) is 2.04. The molecule has 40 valence electrons. The molecule has 0 atom stereocenters. The summed E-state index contributed by atoms with van der Waals surface area (Å²) in [7, 11) is 0. The molecule has 0 bridgehead atoms. The summed E-state index contributed by atoms with van der Waals surface area (Å²) in [5.74, 6) is 0. The minimum atomic E-state index is 1.29. The molecule has 0 aliphatic heterocycles. The molecule has 1 aliphatic carbocycles. The van der Waals surface area contributed by atoms with E-state index >= 15 is 0 Å². The third-order valence-corrected chi connectivity index (χ3v) is 1.16. The van der Waals surface area contributed by atoms with Gasteiger partial charge in [-0.1, -0.05) is 0 Å². The van der Waals surface area contributed by atoms with Crippen molar-refractivity contribution in [1.29, 1.82) is 0 Å². The van der Waals surface area contributed by atoms with Crippen LogP contribution >= 0.6 is 0 Å². The standard InChI is InChI=1S/C8H7.Li/c1-2-4-6-8-7-5-3-1;/h1-7H;/b2-1-,3-1?,4-2?,5-3-,6-4-,7-5?,8-6?,8-7?;. The van der Waals surface area contributed by atoms with Crippen molar-refractivity contribution in [3.8, 4) is 0 Å². The Bertz CT molecular complexity index is 195. The van der Waals surface area contributed by atoms with Crippen LogP contribution in [0.3, 0.4) is 0 Å². The molecule has 0 fully saturated rings. The van der Waals surface area contributed by atoms with E-state index in [0.717, 1.165) is 0 Å². The molecule has 0 amide bonds. The number of allylic oxidation sites excluding steroid dienone is 8. The molecule has 0 saturated heterocycles. The zero-order valence-electron chi connectivity index (χ0n) is 5.54. The molecule has 9 heavy (non-hydrogen) atoms. The third-order valence-electron chi connectivity index (χ3n) is 1.16. The summed E-state index contributed by atoms with van der Waals surface area (Å²) in [6.45, 7) is 0. The predicted molar refractivity (Wildman–Crippen MR) is 41.3 cm³/mol. The molecule has 1 heteroatoms. The fourth-order valence-corrected chi connectivity index (χ4v) is 0.663. The molecule has 0 spiro atoms. The van der Waals surface area contributed by atoms with Crippen LogP contribution in [0.4, 0.5) is 0 Å². The summed E-state index contributed by atoms with van der Waals surface area (Å²) in [5.41, 5.74) is 0. The van der Waals surface area contributed by atoms with Gasteiger partial charge in [-0.3, -0.25) is 0 Å². The van der Waals surface area contributed by atoms with Gasteiger partial charge in [-0.2, -0.15) is 0 Å². The molecule has 0 nitrogen and oxygen atoms in total. The maximum atomic E-state index is 2.08. The van der Waals surface area contributed by atoms with Crippen LogP contribution in [0.15, 0.2) is 46.8 Å². The molecule has 1 rings (SSSR count). The zero-order chi connectivity index (χ0) is 6.53. The molecule has 1 aliphatic rings. The van der Waals surface area contributed by atoms with E-state index in [1.165, 1.54) is 4.25 Å². The first-order chi connectivity index (χ1) is 4.39. The van der Waals surface area contributed by atoms with E-state index in [9.17, 15) is 0 Å². The van der Waals surface area contributed by atoms with Crippen molar-refractivity contribution in [2.75, 3.05) is 0 Å². The molecular formula is C8H7Li. The normalized spacial score (nSPS) is 33.3. The first-order valence-electron chi connectivity index (χ1n) is 3.08. The molecule has 0 unspecified atom stereocenters. The second kappa shape index (κ2) is 3.56. The Hall–Kier alpha value is -0.443. The monoisotopic (exact) mass is 110 g/mol. The topological polar surface area (TPSA) is 0 Å². The number of rotatable bonds is 0. The predicted octanol–water partition coefficient (Wildman–Crippen LogP) is 1.72. The van der Waals surface area contributed by atoms with Crippen LogP contribution < -0.4 is 0 Å². The van der Waals surface area contributed by atoms with Gasteiger partial charge in [0.25, 0.3) is 0 Å². The van der Waals surface area contributed by atoms with Crippen molar-refractivity contribution in [1.82, 2.24) is 0 Å². The van der Waals surface area contributed by atoms with E-state index in [1.54, 1.807) is 0 Å². The van der Waals surface area contributed by atoms with E-state index < -0.39 is 0 Å². The fraction of sp³-hybridized carbons (Fsp3) is 0. The van der Waals surface area contributed by atoms with Gasteiger partial charge in [0.1, 0.15) is 0 Å². The van der Waals surface area contributed by atoms with E-state index in [1.807, 2.05) is 30.4 Å². The van der Waals surface area contributed by atoms with Crippen molar-refractivity contribution in [2.45, 2.75) is 0 Å². The summed E-state index contributed by atoms with van der Waals surface area (Å²) >= 11 is 2.08. The van der Waals surface area contributed by atoms with Crippen LogP contribution in [-0.2, 0) is 0 Å². The van der Waals surface area contributed by atoms with Gasteiger partial charge < -0.3 is 0 Å². The summed E-state index contributed by atoms with van der Waals surface area (Å²) in [6.07, 6.45) is 14.3. The maximum absolute atomic E-state index is 2.08.